The maximum Gasteiger partial charge on any atom is 0.228 e. The highest BCUT2D eigenvalue weighted by atomic mass is 16.2. The monoisotopic (exact) mass is 276 g/mol. The predicted molar refractivity (Wildman–Crippen MR) is 86.1 cm³/mol. The van der Waals surface area contributed by atoms with Gasteiger partial charge in [0, 0.05) is 30.7 Å². The molecule has 20 heavy (non-hydrogen) atoms. The number of rotatable bonds is 7. The average Bonchev–Trinajstić information content (AvgIpc) is 2.39. The van der Waals surface area contributed by atoms with Crippen molar-refractivity contribution in [2.24, 2.45) is 0 Å². The van der Waals surface area contributed by atoms with Gasteiger partial charge in [-0.3, -0.25) is 4.79 Å². The molecule has 0 radical (unpaired) electrons. The van der Waals surface area contributed by atoms with Crippen LogP contribution in [0, 0.1) is 0 Å². The summed E-state index contributed by atoms with van der Waals surface area (Å²) in [5.41, 5.74) is 1.06. The fraction of sp³-hybridized carbons (Fsp3) is 0.588. The van der Waals surface area contributed by atoms with E-state index in [0.717, 1.165) is 31.6 Å². The topological polar surface area (TPSA) is 32.3 Å². The highest BCUT2D eigenvalue weighted by Crippen LogP contribution is 2.15. The van der Waals surface area contributed by atoms with Crippen LogP contribution in [-0.4, -0.2) is 24.5 Å². The molecule has 1 N–H and O–H groups in total. The van der Waals surface area contributed by atoms with Crippen LogP contribution in [0.2, 0.25) is 0 Å². The lowest BCUT2D eigenvalue weighted by molar-refractivity contribution is -0.118. The Labute approximate surface area is 123 Å². The van der Waals surface area contributed by atoms with Crippen molar-refractivity contribution in [3.05, 3.63) is 30.3 Å². The number of carbonyl (C=O) groups is 1. The van der Waals surface area contributed by atoms with Crippen LogP contribution in [0.1, 0.15) is 47.0 Å². The Balaban J connectivity index is 2.61. The molecular formula is C17H28N2O. The normalized spacial score (nSPS) is 11.4. The summed E-state index contributed by atoms with van der Waals surface area (Å²) in [6, 6.07) is 9.95. The molecule has 0 aliphatic carbocycles. The van der Waals surface area contributed by atoms with Gasteiger partial charge in [0.05, 0.1) is 0 Å². The Morgan fingerprint density at radius 3 is 2.40 bits per heavy atom. The standard InChI is InChI=1S/C17H28N2O/c1-5-6-14-19(15-10-8-7-9-11-15)16(20)12-13-18-17(2,3)4/h7-11,18H,5-6,12-14H2,1-4H3. The lowest BCUT2D eigenvalue weighted by atomic mass is 10.1. The van der Waals surface area contributed by atoms with Gasteiger partial charge in [-0.15, -0.1) is 0 Å². The lowest BCUT2D eigenvalue weighted by Crippen LogP contribution is -2.40. The van der Waals surface area contributed by atoms with Gasteiger partial charge in [-0.25, -0.2) is 0 Å². The molecule has 0 bridgehead atoms. The van der Waals surface area contributed by atoms with E-state index in [1.807, 2.05) is 35.2 Å². The predicted octanol–water partition coefficient (Wildman–Crippen LogP) is 3.60. The van der Waals surface area contributed by atoms with Crippen LogP contribution in [0.3, 0.4) is 0 Å². The highest BCUT2D eigenvalue weighted by molar-refractivity contribution is 5.93. The Hall–Kier alpha value is -1.35. The van der Waals surface area contributed by atoms with Gasteiger partial charge < -0.3 is 10.2 Å². The van der Waals surface area contributed by atoms with Crippen LogP contribution in [0.4, 0.5) is 5.69 Å². The summed E-state index contributed by atoms with van der Waals surface area (Å²) in [7, 11) is 0. The summed E-state index contributed by atoms with van der Waals surface area (Å²) in [5.74, 6) is 0.196. The van der Waals surface area contributed by atoms with Crippen LogP contribution in [0.5, 0.6) is 0 Å². The molecule has 0 spiro atoms. The number of carbonyl (C=O) groups excluding carboxylic acids is 1. The van der Waals surface area contributed by atoms with Gasteiger partial charge in [-0.05, 0) is 39.3 Å². The molecular weight excluding hydrogens is 248 g/mol. The van der Waals surface area contributed by atoms with Crippen molar-refractivity contribution >= 4 is 11.6 Å². The molecule has 1 aromatic carbocycles. The number of hydrogen-bond acceptors (Lipinski definition) is 2. The maximum atomic E-state index is 12.4. The van der Waals surface area contributed by atoms with Gasteiger partial charge in [0.15, 0.2) is 0 Å². The Morgan fingerprint density at radius 1 is 1.20 bits per heavy atom. The minimum absolute atomic E-state index is 0.0568. The third-order valence-corrected chi connectivity index (χ3v) is 3.10. The number of unbranched alkanes of at least 4 members (excludes halogenated alkanes) is 1. The van der Waals surface area contributed by atoms with Crippen molar-refractivity contribution in [3.63, 3.8) is 0 Å². The van der Waals surface area contributed by atoms with E-state index in [4.69, 9.17) is 0 Å². The van der Waals surface area contributed by atoms with Crippen molar-refractivity contribution < 1.29 is 4.79 Å². The molecule has 0 aromatic heterocycles. The first-order chi connectivity index (χ1) is 9.44. The highest BCUT2D eigenvalue weighted by Gasteiger charge is 2.16. The zero-order chi connectivity index (χ0) is 15.0. The Morgan fingerprint density at radius 2 is 1.85 bits per heavy atom. The van der Waals surface area contributed by atoms with Gasteiger partial charge in [-0.1, -0.05) is 31.5 Å². The van der Waals surface area contributed by atoms with Crippen molar-refractivity contribution in [1.29, 1.82) is 0 Å². The first-order valence-corrected chi connectivity index (χ1v) is 7.54. The number of hydrogen-bond donors (Lipinski definition) is 1. The van der Waals surface area contributed by atoms with Gasteiger partial charge in [-0.2, -0.15) is 0 Å². The summed E-state index contributed by atoms with van der Waals surface area (Å²) in [6.45, 7) is 10.0. The van der Waals surface area contributed by atoms with Gasteiger partial charge in [0.1, 0.15) is 0 Å². The number of anilines is 1. The molecule has 3 heteroatoms. The Kier molecular flexibility index (Phi) is 6.73. The SMILES string of the molecule is CCCCN(C(=O)CCNC(C)(C)C)c1ccccc1. The minimum Gasteiger partial charge on any atom is -0.312 e. The van der Waals surface area contributed by atoms with Crippen LogP contribution in [-0.2, 0) is 4.79 Å². The molecule has 1 amide bonds. The van der Waals surface area contributed by atoms with E-state index in [2.05, 4.69) is 33.0 Å². The van der Waals surface area contributed by atoms with E-state index in [9.17, 15) is 4.79 Å². The minimum atomic E-state index is 0.0568. The number of benzene rings is 1. The second kappa shape index (κ2) is 8.05. The van der Waals surface area contributed by atoms with Gasteiger partial charge in [0.2, 0.25) is 5.91 Å². The van der Waals surface area contributed by atoms with E-state index in [1.165, 1.54) is 0 Å². The fourth-order valence-electron chi connectivity index (χ4n) is 2.00. The quantitative estimate of drug-likeness (QED) is 0.825. The first kappa shape index (κ1) is 16.7. The number of para-hydroxylation sites is 1. The largest absolute Gasteiger partial charge is 0.312 e. The van der Waals surface area contributed by atoms with Crippen LogP contribution < -0.4 is 10.2 Å². The summed E-state index contributed by atoms with van der Waals surface area (Å²) in [5, 5.41) is 3.37. The molecule has 112 valence electrons. The zero-order valence-corrected chi connectivity index (χ0v) is 13.3. The second-order valence-corrected chi connectivity index (χ2v) is 6.16. The van der Waals surface area contributed by atoms with E-state index < -0.39 is 0 Å². The molecule has 0 aliphatic heterocycles. The van der Waals surface area contributed by atoms with E-state index in [-0.39, 0.29) is 11.4 Å². The molecule has 3 nitrogen and oxygen atoms in total. The van der Waals surface area contributed by atoms with E-state index >= 15 is 0 Å². The Bertz CT molecular complexity index is 395. The molecule has 0 unspecified atom stereocenters. The van der Waals surface area contributed by atoms with Crippen molar-refractivity contribution in [2.45, 2.75) is 52.5 Å². The number of amides is 1. The molecule has 1 aromatic rings. The lowest BCUT2D eigenvalue weighted by Gasteiger charge is -2.25. The number of nitrogens with zero attached hydrogens (tertiary/aromatic N) is 1. The molecule has 0 saturated heterocycles. The van der Waals surface area contributed by atoms with Gasteiger partial charge >= 0.3 is 0 Å². The first-order valence-electron chi connectivity index (χ1n) is 7.54. The molecule has 0 aliphatic rings. The molecule has 0 atom stereocenters. The zero-order valence-electron chi connectivity index (χ0n) is 13.3. The van der Waals surface area contributed by atoms with Crippen molar-refractivity contribution in [2.75, 3.05) is 18.0 Å². The molecule has 1 rings (SSSR count). The summed E-state index contributed by atoms with van der Waals surface area (Å²) in [6.07, 6.45) is 2.67. The molecule has 0 heterocycles. The van der Waals surface area contributed by atoms with Crippen LogP contribution in [0.25, 0.3) is 0 Å². The third kappa shape index (κ3) is 6.20. The maximum absolute atomic E-state index is 12.4. The van der Waals surface area contributed by atoms with Crippen LogP contribution >= 0.6 is 0 Å². The molecule has 0 fully saturated rings. The summed E-state index contributed by atoms with van der Waals surface area (Å²) in [4.78, 5) is 14.3. The van der Waals surface area contributed by atoms with Crippen molar-refractivity contribution in [1.82, 2.24) is 5.32 Å². The average molecular weight is 276 g/mol. The van der Waals surface area contributed by atoms with Gasteiger partial charge in [0.25, 0.3) is 0 Å². The summed E-state index contributed by atoms with van der Waals surface area (Å²) >= 11 is 0. The fourth-order valence-corrected chi connectivity index (χ4v) is 2.00. The third-order valence-electron chi connectivity index (χ3n) is 3.10. The second-order valence-electron chi connectivity index (χ2n) is 6.16. The molecule has 0 saturated carbocycles. The smallest absolute Gasteiger partial charge is 0.228 e. The van der Waals surface area contributed by atoms with E-state index in [1.54, 1.807) is 0 Å². The van der Waals surface area contributed by atoms with Crippen LogP contribution in [0.15, 0.2) is 30.3 Å². The summed E-state index contributed by atoms with van der Waals surface area (Å²) < 4.78 is 0. The number of nitrogens with one attached hydrogen (secondary N) is 1. The van der Waals surface area contributed by atoms with Crippen molar-refractivity contribution in [3.8, 4) is 0 Å². The van der Waals surface area contributed by atoms with E-state index in [0.29, 0.717) is 6.42 Å².